The molecule has 19 heavy (non-hydrogen) atoms. The van der Waals surface area contributed by atoms with Gasteiger partial charge in [0.05, 0.1) is 24.7 Å². The van der Waals surface area contributed by atoms with Crippen molar-refractivity contribution in [2.24, 2.45) is 0 Å². The van der Waals surface area contributed by atoms with Gasteiger partial charge in [-0.3, -0.25) is 14.5 Å². The van der Waals surface area contributed by atoms with Gasteiger partial charge in [0.25, 0.3) is 0 Å². The van der Waals surface area contributed by atoms with Crippen molar-refractivity contribution in [2.75, 3.05) is 34.2 Å². The van der Waals surface area contributed by atoms with Crippen LogP contribution in [0, 0.1) is 11.3 Å². The molecular weight excluding hydrogens is 242 g/mol. The van der Waals surface area contributed by atoms with Gasteiger partial charge in [0.2, 0.25) is 5.91 Å². The molecule has 0 spiro atoms. The van der Waals surface area contributed by atoms with E-state index in [2.05, 4.69) is 0 Å². The predicted octanol–water partition coefficient (Wildman–Crippen LogP) is 0.761. The van der Waals surface area contributed by atoms with Crippen LogP contribution in [0.25, 0.3) is 0 Å². The Morgan fingerprint density at radius 2 is 1.68 bits per heavy atom. The third-order valence-electron chi connectivity index (χ3n) is 2.65. The summed E-state index contributed by atoms with van der Waals surface area (Å²) >= 11 is 0. The van der Waals surface area contributed by atoms with Crippen molar-refractivity contribution in [3.63, 3.8) is 0 Å². The number of nitrogens with zero attached hydrogens (tertiary/aromatic N) is 3. The van der Waals surface area contributed by atoms with E-state index in [-0.39, 0.29) is 24.8 Å². The highest BCUT2D eigenvalue weighted by Crippen LogP contribution is 2.05. The van der Waals surface area contributed by atoms with Gasteiger partial charge in [-0.15, -0.1) is 0 Å². The maximum Gasteiger partial charge on any atom is 0.236 e. The van der Waals surface area contributed by atoms with E-state index in [1.165, 1.54) is 4.90 Å². The van der Waals surface area contributed by atoms with Crippen LogP contribution in [-0.2, 0) is 4.79 Å². The summed E-state index contributed by atoms with van der Waals surface area (Å²) in [5, 5.41) is 8.68. The summed E-state index contributed by atoms with van der Waals surface area (Å²) in [6.07, 6.45) is 0. The van der Waals surface area contributed by atoms with Gasteiger partial charge in [-0.25, -0.2) is 0 Å². The Hall–Kier alpha value is -2.19. The third-order valence-corrected chi connectivity index (χ3v) is 2.65. The highest BCUT2D eigenvalue weighted by atomic mass is 16.2. The van der Waals surface area contributed by atoms with Crippen molar-refractivity contribution in [1.82, 2.24) is 9.80 Å². The molecule has 0 radical (unpaired) electrons. The number of ketones is 1. The maximum absolute atomic E-state index is 12.0. The minimum Gasteiger partial charge on any atom is -0.348 e. The summed E-state index contributed by atoms with van der Waals surface area (Å²) in [5.74, 6) is -0.117. The summed E-state index contributed by atoms with van der Waals surface area (Å²) < 4.78 is 0. The van der Waals surface area contributed by atoms with Gasteiger partial charge in [-0.2, -0.15) is 5.26 Å². The van der Waals surface area contributed by atoms with Gasteiger partial charge in [0.1, 0.15) is 0 Å². The number of benzene rings is 1. The molecule has 0 heterocycles. The zero-order valence-corrected chi connectivity index (χ0v) is 11.4. The molecule has 1 aromatic rings. The van der Waals surface area contributed by atoms with Crippen LogP contribution in [0.1, 0.15) is 15.9 Å². The molecule has 1 amide bonds. The van der Waals surface area contributed by atoms with E-state index in [1.54, 1.807) is 50.3 Å². The Labute approximate surface area is 113 Å². The molecule has 0 saturated heterocycles. The van der Waals surface area contributed by atoms with Crippen LogP contribution >= 0.6 is 0 Å². The standard InChI is InChI=1S/C14H17N3O2/c1-16(2)14(19)10-17(3)9-13(18)12-6-4-11(8-15)5-7-12/h4-7H,9-10H2,1-3H3. The van der Waals surface area contributed by atoms with E-state index in [4.69, 9.17) is 5.26 Å². The third kappa shape index (κ3) is 4.53. The lowest BCUT2D eigenvalue weighted by Crippen LogP contribution is -2.36. The quantitative estimate of drug-likeness (QED) is 0.732. The van der Waals surface area contributed by atoms with Crippen LogP contribution in [0.15, 0.2) is 24.3 Å². The molecule has 1 rings (SSSR count). The summed E-state index contributed by atoms with van der Waals surface area (Å²) in [7, 11) is 5.08. The number of rotatable bonds is 5. The highest BCUT2D eigenvalue weighted by Gasteiger charge is 2.13. The number of carbonyl (C=O) groups excluding carboxylic acids is 2. The number of hydrogen-bond donors (Lipinski definition) is 0. The number of amides is 1. The Morgan fingerprint density at radius 3 is 2.16 bits per heavy atom. The predicted molar refractivity (Wildman–Crippen MR) is 71.7 cm³/mol. The molecule has 100 valence electrons. The van der Waals surface area contributed by atoms with Crippen molar-refractivity contribution in [3.8, 4) is 6.07 Å². The fourth-order valence-corrected chi connectivity index (χ4v) is 1.50. The molecule has 0 N–H and O–H groups in total. The summed E-state index contributed by atoms with van der Waals surface area (Å²) in [4.78, 5) is 26.6. The summed E-state index contributed by atoms with van der Waals surface area (Å²) in [6, 6.07) is 8.47. The number of likely N-dealkylation sites (N-methyl/N-ethyl adjacent to an activating group) is 2. The SMILES string of the molecule is CN(CC(=O)c1ccc(C#N)cc1)CC(=O)N(C)C. The smallest absolute Gasteiger partial charge is 0.236 e. The lowest BCUT2D eigenvalue weighted by Gasteiger charge is -2.18. The molecule has 5 heteroatoms. The second-order valence-electron chi connectivity index (χ2n) is 4.57. The van der Waals surface area contributed by atoms with Crippen LogP contribution < -0.4 is 0 Å². The number of nitriles is 1. The molecule has 0 atom stereocenters. The Bertz CT molecular complexity index is 500. The van der Waals surface area contributed by atoms with Crippen molar-refractivity contribution in [2.45, 2.75) is 0 Å². The minimum atomic E-state index is -0.0708. The van der Waals surface area contributed by atoms with Gasteiger partial charge in [-0.1, -0.05) is 12.1 Å². The first-order valence-corrected chi connectivity index (χ1v) is 5.86. The van der Waals surface area contributed by atoms with Crippen LogP contribution in [0.3, 0.4) is 0 Å². The average Bonchev–Trinajstić information content (AvgIpc) is 2.38. The first-order chi connectivity index (χ1) is 8.93. The van der Waals surface area contributed by atoms with Crippen LogP contribution in [0.2, 0.25) is 0 Å². The highest BCUT2D eigenvalue weighted by molar-refractivity contribution is 5.97. The second-order valence-corrected chi connectivity index (χ2v) is 4.57. The molecule has 0 aliphatic rings. The molecule has 0 bridgehead atoms. The number of hydrogen-bond acceptors (Lipinski definition) is 4. The van der Waals surface area contributed by atoms with Gasteiger partial charge >= 0.3 is 0 Å². The van der Waals surface area contributed by atoms with Gasteiger partial charge in [-0.05, 0) is 19.2 Å². The summed E-state index contributed by atoms with van der Waals surface area (Å²) in [5.41, 5.74) is 1.07. The summed E-state index contributed by atoms with van der Waals surface area (Å²) in [6.45, 7) is 0.375. The Balaban J connectivity index is 2.59. The van der Waals surface area contributed by atoms with E-state index >= 15 is 0 Å². The molecular formula is C14H17N3O2. The largest absolute Gasteiger partial charge is 0.348 e. The molecule has 0 fully saturated rings. The van der Waals surface area contributed by atoms with E-state index < -0.39 is 0 Å². The van der Waals surface area contributed by atoms with Gasteiger partial charge in [0, 0.05) is 19.7 Å². The number of Topliss-reactive ketones (excluding diaryl/α,β-unsaturated/α-hetero) is 1. The Kier molecular flexibility index (Phi) is 5.22. The van der Waals surface area contributed by atoms with E-state index in [1.807, 2.05) is 6.07 Å². The van der Waals surface area contributed by atoms with Crippen molar-refractivity contribution < 1.29 is 9.59 Å². The maximum atomic E-state index is 12.0. The van der Waals surface area contributed by atoms with Crippen molar-refractivity contribution >= 4 is 11.7 Å². The Morgan fingerprint density at radius 1 is 1.11 bits per heavy atom. The van der Waals surface area contributed by atoms with Crippen LogP contribution in [0.5, 0.6) is 0 Å². The molecule has 0 unspecified atom stereocenters. The van der Waals surface area contributed by atoms with Crippen LogP contribution in [-0.4, -0.2) is 55.7 Å². The molecule has 1 aromatic carbocycles. The molecule has 0 saturated carbocycles. The van der Waals surface area contributed by atoms with Crippen molar-refractivity contribution in [3.05, 3.63) is 35.4 Å². The number of carbonyl (C=O) groups is 2. The fraction of sp³-hybridized carbons (Fsp3) is 0.357. The topological polar surface area (TPSA) is 64.4 Å². The fourth-order valence-electron chi connectivity index (χ4n) is 1.50. The second kappa shape index (κ2) is 6.66. The lowest BCUT2D eigenvalue weighted by molar-refractivity contribution is -0.129. The van der Waals surface area contributed by atoms with Gasteiger partial charge < -0.3 is 4.90 Å². The monoisotopic (exact) mass is 259 g/mol. The van der Waals surface area contributed by atoms with E-state index in [9.17, 15) is 9.59 Å². The lowest BCUT2D eigenvalue weighted by atomic mass is 10.1. The van der Waals surface area contributed by atoms with Crippen LogP contribution in [0.4, 0.5) is 0 Å². The molecule has 5 nitrogen and oxygen atoms in total. The zero-order valence-electron chi connectivity index (χ0n) is 11.4. The average molecular weight is 259 g/mol. The van der Waals surface area contributed by atoms with Gasteiger partial charge in [0.15, 0.2) is 5.78 Å². The normalized spacial score (nSPS) is 10.1. The first kappa shape index (κ1) is 14.9. The molecule has 0 aliphatic heterocycles. The first-order valence-electron chi connectivity index (χ1n) is 5.86. The van der Waals surface area contributed by atoms with Crippen molar-refractivity contribution in [1.29, 1.82) is 5.26 Å². The van der Waals surface area contributed by atoms with E-state index in [0.29, 0.717) is 11.1 Å². The zero-order chi connectivity index (χ0) is 14.4. The molecule has 0 aliphatic carbocycles. The minimum absolute atomic E-state index is 0.0462. The van der Waals surface area contributed by atoms with E-state index in [0.717, 1.165) is 0 Å². The molecule has 0 aromatic heterocycles.